The van der Waals surface area contributed by atoms with Crippen molar-refractivity contribution in [1.82, 2.24) is 19.6 Å². The van der Waals surface area contributed by atoms with Crippen LogP contribution in [0.5, 0.6) is 0 Å². The van der Waals surface area contributed by atoms with E-state index in [9.17, 15) is 34.2 Å². The Morgan fingerprint density at radius 1 is 0.333 bits per heavy atom. The monoisotopic (exact) mass is 1440 g/mol. The van der Waals surface area contributed by atoms with Gasteiger partial charge in [-0.05, 0) is 140 Å². The summed E-state index contributed by atoms with van der Waals surface area (Å²) in [6.45, 7) is 7.39. The molecule has 2 N–H and O–H groups in total. The number of aliphatic hydroxyl groups is 2. The maximum absolute atomic E-state index is 13.4. The Hall–Kier alpha value is -10.4. The largest absolute Gasteiger partial charge is 0.389 e. The minimum Gasteiger partial charge on any atom is -0.389 e. The van der Waals surface area contributed by atoms with Crippen molar-refractivity contribution in [2.24, 2.45) is 0 Å². The van der Waals surface area contributed by atoms with Crippen molar-refractivity contribution >= 4 is 29.3 Å². The standard InChI is InChI=1S/C28H31NO2.C28H33NO.C21H23NO2.C20H19NO2/c1-22-19-28(31,20-25-15-9-4-10-16-25)21-26(17-23-11-5-2-6-12-23)29(22)27(30)18-24-13-7-3-8-14-24;1-23-20-28(30,21-26-15-9-4-10-16-26)22-27(19-25-13-7-3-8-14-25)29(23)18-17-24-11-5-2-6-12-24;1-16-12-20(23)15-19(13-17-8-4-2-5-9-17)22(16)21(24)14-18-10-6-3-7-11-18;22-19-11-12-21(20(23)14-17-9-5-2-6-10-17)18(15-19)13-16-7-3-1-4-8-16/h2-16,22,26,31H,17-21H2,1H3;2-16,23,27,30H,17-22H2,1H3;2-11,16,19H,12-15H2,1H3;1-12,18H,13-15H2/t22-,26+,28-;23-,27+,28-;16-,19+;/m111./s1. The highest BCUT2D eigenvalue weighted by molar-refractivity contribution is 5.93. The highest BCUT2D eigenvalue weighted by Gasteiger charge is 2.45. The first-order chi connectivity index (χ1) is 52.5. The number of hydrogen-bond acceptors (Lipinski definition) is 8. The summed E-state index contributed by atoms with van der Waals surface area (Å²) >= 11 is 0. The van der Waals surface area contributed by atoms with Crippen LogP contribution in [-0.2, 0) is 88.2 Å². The Labute approximate surface area is 640 Å². The minimum absolute atomic E-state index is 0.0209. The van der Waals surface area contributed by atoms with Crippen LogP contribution in [0.4, 0.5) is 0 Å². The Morgan fingerprint density at radius 3 is 1.06 bits per heavy atom. The summed E-state index contributed by atoms with van der Waals surface area (Å²) in [5, 5.41) is 23.2. The van der Waals surface area contributed by atoms with Crippen molar-refractivity contribution in [1.29, 1.82) is 0 Å². The van der Waals surface area contributed by atoms with E-state index in [0.717, 1.165) is 79.3 Å². The summed E-state index contributed by atoms with van der Waals surface area (Å²) in [6.07, 6.45) is 14.0. The van der Waals surface area contributed by atoms with Gasteiger partial charge in [0, 0.05) is 87.1 Å². The number of rotatable bonds is 21. The molecule has 1 unspecified atom stereocenters. The second kappa shape index (κ2) is 39.4. The SMILES string of the molecule is C[C@@H]1CC(=O)C[C@H](Cc2ccccc2)N1C(=O)Cc1ccccc1.C[C@@H]1C[C@@](O)(Cc2ccccc2)C[C@H](Cc2ccccc2)N1C(=O)Cc1ccccc1.C[C@@H]1C[C@@](O)(Cc2ccccc2)C[C@H](Cc2ccccc2)N1CCc1ccccc1.O=C1C=CN(C(=O)Cc2ccccc2)C(Cc2ccccc2)C1. The zero-order valence-electron chi connectivity index (χ0n) is 63.0. The molecule has 10 aromatic rings. The van der Waals surface area contributed by atoms with E-state index in [1.165, 1.54) is 33.9 Å². The van der Waals surface area contributed by atoms with E-state index in [0.29, 0.717) is 76.3 Å². The molecule has 3 fully saturated rings. The molecule has 10 aromatic carbocycles. The molecule has 11 heteroatoms. The van der Waals surface area contributed by atoms with Crippen molar-refractivity contribution in [3.05, 3.63) is 371 Å². The van der Waals surface area contributed by atoms with Crippen LogP contribution in [0, 0.1) is 0 Å². The topological polar surface area (TPSA) is 139 Å². The van der Waals surface area contributed by atoms with E-state index >= 15 is 0 Å². The maximum Gasteiger partial charge on any atom is 0.231 e. The number of ketones is 2. The quantitative estimate of drug-likeness (QED) is 0.0725. The average Bonchev–Trinajstić information content (AvgIpc) is 0.787. The van der Waals surface area contributed by atoms with Gasteiger partial charge in [-0.3, -0.25) is 28.9 Å². The van der Waals surface area contributed by atoms with Gasteiger partial charge in [0.1, 0.15) is 5.78 Å². The lowest BCUT2D eigenvalue weighted by Crippen LogP contribution is -2.58. The Morgan fingerprint density at radius 2 is 0.648 bits per heavy atom. The Kier molecular flexibility index (Phi) is 28.7. The van der Waals surface area contributed by atoms with Crippen LogP contribution in [0.25, 0.3) is 0 Å². The first-order valence-corrected chi connectivity index (χ1v) is 38.8. The molecule has 9 atom stereocenters. The third kappa shape index (κ3) is 23.8. The second-order valence-electron chi connectivity index (χ2n) is 30.3. The van der Waals surface area contributed by atoms with Crippen LogP contribution < -0.4 is 0 Å². The van der Waals surface area contributed by atoms with Crippen molar-refractivity contribution in [2.45, 2.75) is 183 Å². The molecule has 0 spiro atoms. The summed E-state index contributed by atoms with van der Waals surface area (Å²) in [4.78, 5) is 71.1. The molecule has 11 nitrogen and oxygen atoms in total. The second-order valence-corrected chi connectivity index (χ2v) is 30.3. The van der Waals surface area contributed by atoms with Gasteiger partial charge in [-0.15, -0.1) is 0 Å². The molecular weight excluding hydrogens is 1330 g/mol. The molecule has 14 rings (SSSR count). The molecule has 108 heavy (non-hydrogen) atoms. The van der Waals surface area contributed by atoms with Crippen molar-refractivity contribution in [3.8, 4) is 0 Å². The highest BCUT2D eigenvalue weighted by atomic mass is 16.3. The maximum atomic E-state index is 13.4. The molecule has 4 aliphatic rings. The number of benzene rings is 10. The van der Waals surface area contributed by atoms with E-state index in [-0.39, 0.29) is 59.5 Å². The fraction of sp³-hybridized carbons (Fsp3) is 0.309. The molecule has 4 heterocycles. The van der Waals surface area contributed by atoms with Crippen LogP contribution in [0.15, 0.2) is 316 Å². The van der Waals surface area contributed by atoms with Crippen molar-refractivity contribution in [2.75, 3.05) is 6.54 Å². The summed E-state index contributed by atoms with van der Waals surface area (Å²) in [7, 11) is 0. The third-order valence-corrected chi connectivity index (χ3v) is 21.6. The molecule has 3 amide bonds. The number of likely N-dealkylation sites (tertiary alicyclic amines) is 3. The number of carbonyl (C=O) groups excluding carboxylic acids is 5. The van der Waals surface area contributed by atoms with E-state index in [2.05, 4.69) is 140 Å². The van der Waals surface area contributed by atoms with Crippen LogP contribution in [0.1, 0.15) is 121 Å². The number of piperidine rings is 3. The van der Waals surface area contributed by atoms with E-state index in [1.807, 2.05) is 199 Å². The van der Waals surface area contributed by atoms with Crippen LogP contribution in [0.2, 0.25) is 0 Å². The summed E-state index contributed by atoms with van der Waals surface area (Å²) in [5.41, 5.74) is 10.2. The van der Waals surface area contributed by atoms with E-state index in [4.69, 9.17) is 0 Å². The first-order valence-electron chi connectivity index (χ1n) is 38.8. The predicted molar refractivity (Wildman–Crippen MR) is 434 cm³/mol. The van der Waals surface area contributed by atoms with Crippen molar-refractivity contribution in [3.63, 3.8) is 0 Å². The lowest BCUT2D eigenvalue weighted by atomic mass is 9.77. The van der Waals surface area contributed by atoms with Crippen LogP contribution in [-0.4, -0.2) is 119 Å². The number of amides is 3. The van der Waals surface area contributed by atoms with Gasteiger partial charge < -0.3 is 24.9 Å². The van der Waals surface area contributed by atoms with Gasteiger partial charge in [-0.2, -0.15) is 0 Å². The lowest BCUT2D eigenvalue weighted by molar-refractivity contribution is -0.145. The van der Waals surface area contributed by atoms with Gasteiger partial charge in [-0.25, -0.2) is 0 Å². The van der Waals surface area contributed by atoms with Crippen LogP contribution >= 0.6 is 0 Å². The molecule has 0 bridgehead atoms. The summed E-state index contributed by atoms with van der Waals surface area (Å²) in [5.74, 6) is 0.617. The van der Waals surface area contributed by atoms with Gasteiger partial charge in [0.2, 0.25) is 17.7 Å². The Balaban J connectivity index is 0.000000144. The predicted octanol–water partition coefficient (Wildman–Crippen LogP) is 16.7. The average molecular weight is 1440 g/mol. The van der Waals surface area contributed by atoms with Gasteiger partial charge in [0.25, 0.3) is 0 Å². The molecule has 3 saturated heterocycles. The Bertz CT molecular complexity index is 4410. The molecule has 0 aliphatic carbocycles. The van der Waals surface area contributed by atoms with E-state index in [1.54, 1.807) is 11.1 Å². The summed E-state index contributed by atoms with van der Waals surface area (Å²) in [6, 6.07) is 102. The molecule has 0 aromatic heterocycles. The normalized spacial score (nSPS) is 21.9. The minimum atomic E-state index is -0.816. The van der Waals surface area contributed by atoms with Gasteiger partial charge in [-0.1, -0.05) is 303 Å². The number of Topliss-reactive ketones (excluding diaryl/α,β-unsaturated/α-hetero) is 1. The molecule has 556 valence electrons. The fourth-order valence-electron chi connectivity index (χ4n) is 16.8. The molecular formula is C97H106N4O7. The van der Waals surface area contributed by atoms with Crippen molar-refractivity contribution < 1.29 is 34.2 Å². The smallest absolute Gasteiger partial charge is 0.231 e. The van der Waals surface area contributed by atoms with Crippen LogP contribution in [0.3, 0.4) is 0 Å². The number of hydrogen-bond donors (Lipinski definition) is 2. The number of carbonyl (C=O) groups is 5. The van der Waals surface area contributed by atoms with Gasteiger partial charge in [0.05, 0.1) is 30.5 Å². The summed E-state index contributed by atoms with van der Waals surface area (Å²) < 4.78 is 0. The number of nitrogens with zero attached hydrogens (tertiary/aromatic N) is 4. The fourth-order valence-corrected chi connectivity index (χ4v) is 16.8. The number of allylic oxidation sites excluding steroid dienone is 1. The van der Waals surface area contributed by atoms with Gasteiger partial charge in [0.15, 0.2) is 5.78 Å². The third-order valence-electron chi connectivity index (χ3n) is 21.6. The zero-order valence-corrected chi connectivity index (χ0v) is 63.0. The molecule has 4 aliphatic heterocycles. The van der Waals surface area contributed by atoms with Gasteiger partial charge >= 0.3 is 0 Å². The first kappa shape index (κ1) is 78.6. The lowest BCUT2D eigenvalue weighted by Gasteiger charge is -2.48. The molecule has 0 radical (unpaired) electrons. The van der Waals surface area contributed by atoms with E-state index < -0.39 is 11.2 Å². The zero-order chi connectivity index (χ0) is 75.5. The molecule has 0 saturated carbocycles. The highest BCUT2D eigenvalue weighted by Crippen LogP contribution is 2.38.